The molecular formula is C16H22N4O2S. The van der Waals surface area contributed by atoms with Gasteiger partial charge in [-0.2, -0.15) is 5.10 Å². The largest absolute Gasteiger partial charge is 0.372 e. The van der Waals surface area contributed by atoms with Gasteiger partial charge in [0, 0.05) is 31.5 Å². The topological polar surface area (TPSA) is 67.2 Å². The smallest absolute Gasteiger partial charge is 0.265 e. The van der Waals surface area contributed by atoms with Gasteiger partial charge in [0.1, 0.15) is 4.90 Å². The van der Waals surface area contributed by atoms with Crippen LogP contribution in [-0.2, 0) is 17.1 Å². The highest BCUT2D eigenvalue weighted by Crippen LogP contribution is 2.25. The molecule has 6 nitrogen and oxygen atoms in total. The zero-order valence-corrected chi connectivity index (χ0v) is 14.5. The number of aromatic nitrogens is 2. The number of sulfonamides is 1. The lowest BCUT2D eigenvalue weighted by Gasteiger charge is -2.18. The maximum Gasteiger partial charge on any atom is 0.265 e. The summed E-state index contributed by atoms with van der Waals surface area (Å²) >= 11 is 0. The van der Waals surface area contributed by atoms with Gasteiger partial charge >= 0.3 is 0 Å². The molecule has 1 aliphatic rings. The van der Waals surface area contributed by atoms with E-state index in [1.165, 1.54) is 12.8 Å². The summed E-state index contributed by atoms with van der Waals surface area (Å²) in [7, 11) is -1.89. The van der Waals surface area contributed by atoms with E-state index in [9.17, 15) is 8.42 Å². The Labute approximate surface area is 137 Å². The summed E-state index contributed by atoms with van der Waals surface area (Å²) < 4.78 is 29.5. The molecule has 0 amide bonds. The average molecular weight is 334 g/mol. The molecule has 1 aromatic heterocycles. The van der Waals surface area contributed by atoms with Crippen molar-refractivity contribution in [3.8, 4) is 0 Å². The highest BCUT2D eigenvalue weighted by atomic mass is 32.2. The second kappa shape index (κ2) is 5.88. The van der Waals surface area contributed by atoms with Crippen molar-refractivity contribution in [1.82, 2.24) is 9.78 Å². The van der Waals surface area contributed by atoms with Crippen molar-refractivity contribution in [3.63, 3.8) is 0 Å². The van der Waals surface area contributed by atoms with E-state index in [1.807, 2.05) is 24.3 Å². The molecule has 0 unspecified atom stereocenters. The van der Waals surface area contributed by atoms with Crippen LogP contribution in [0.25, 0.3) is 0 Å². The molecule has 0 bridgehead atoms. The normalized spacial score (nSPS) is 15.2. The highest BCUT2D eigenvalue weighted by Gasteiger charge is 2.24. The number of anilines is 2. The lowest BCUT2D eigenvalue weighted by Crippen LogP contribution is -2.18. The summed E-state index contributed by atoms with van der Waals surface area (Å²) in [6.07, 6.45) is 2.43. The summed E-state index contributed by atoms with van der Waals surface area (Å²) in [6.45, 7) is 5.60. The molecule has 124 valence electrons. The molecule has 0 aliphatic carbocycles. The van der Waals surface area contributed by atoms with Gasteiger partial charge in [-0.1, -0.05) is 0 Å². The third-order valence-electron chi connectivity index (χ3n) is 4.30. The molecule has 3 rings (SSSR count). The minimum absolute atomic E-state index is 0.253. The van der Waals surface area contributed by atoms with Crippen molar-refractivity contribution in [2.75, 3.05) is 22.7 Å². The highest BCUT2D eigenvalue weighted by molar-refractivity contribution is 7.92. The number of aryl methyl sites for hydroxylation is 2. The molecule has 2 aromatic rings. The van der Waals surface area contributed by atoms with E-state index >= 15 is 0 Å². The van der Waals surface area contributed by atoms with Gasteiger partial charge in [0.2, 0.25) is 0 Å². The first-order valence-corrected chi connectivity index (χ1v) is 9.25. The van der Waals surface area contributed by atoms with Crippen LogP contribution < -0.4 is 9.62 Å². The third kappa shape index (κ3) is 3.06. The zero-order chi connectivity index (χ0) is 16.6. The monoisotopic (exact) mass is 334 g/mol. The van der Waals surface area contributed by atoms with Crippen LogP contribution in [-0.4, -0.2) is 31.3 Å². The van der Waals surface area contributed by atoms with Gasteiger partial charge in [-0.15, -0.1) is 0 Å². The molecule has 23 heavy (non-hydrogen) atoms. The fraction of sp³-hybridized carbons (Fsp3) is 0.438. The molecule has 1 aliphatic heterocycles. The standard InChI is InChI=1S/C16H22N4O2S/c1-12-16(13(2)19(3)17-12)23(21,22)18-14-6-8-15(9-7-14)20-10-4-5-11-20/h6-9,18H,4-5,10-11H2,1-3H3. The average Bonchev–Trinajstić information content (AvgIpc) is 3.09. The Morgan fingerprint density at radius 1 is 1.09 bits per heavy atom. The van der Waals surface area contributed by atoms with Gasteiger partial charge in [0.05, 0.1) is 11.4 Å². The first-order valence-electron chi connectivity index (χ1n) is 7.76. The zero-order valence-electron chi connectivity index (χ0n) is 13.7. The Morgan fingerprint density at radius 3 is 2.22 bits per heavy atom. The van der Waals surface area contributed by atoms with Crippen LogP contribution in [0.15, 0.2) is 29.2 Å². The van der Waals surface area contributed by atoms with Crippen molar-refractivity contribution in [2.45, 2.75) is 31.6 Å². The van der Waals surface area contributed by atoms with Crippen LogP contribution in [0.5, 0.6) is 0 Å². The summed E-state index contributed by atoms with van der Waals surface area (Å²) in [5, 5.41) is 4.18. The van der Waals surface area contributed by atoms with Crippen LogP contribution in [0, 0.1) is 13.8 Å². The molecule has 1 aromatic carbocycles. The molecule has 1 fully saturated rings. The van der Waals surface area contributed by atoms with Gasteiger partial charge in [0.15, 0.2) is 0 Å². The lowest BCUT2D eigenvalue weighted by molar-refractivity contribution is 0.599. The van der Waals surface area contributed by atoms with Crippen LogP contribution in [0.3, 0.4) is 0 Å². The van der Waals surface area contributed by atoms with E-state index < -0.39 is 10.0 Å². The van der Waals surface area contributed by atoms with Crippen molar-refractivity contribution in [2.24, 2.45) is 7.05 Å². The van der Waals surface area contributed by atoms with Crippen LogP contribution in [0.1, 0.15) is 24.2 Å². The van der Waals surface area contributed by atoms with E-state index in [-0.39, 0.29) is 4.90 Å². The Morgan fingerprint density at radius 2 is 1.70 bits per heavy atom. The maximum atomic E-state index is 12.6. The van der Waals surface area contributed by atoms with Gasteiger partial charge in [-0.05, 0) is 51.0 Å². The Balaban J connectivity index is 1.83. The number of hydrogen-bond donors (Lipinski definition) is 1. The van der Waals surface area contributed by atoms with Crippen molar-refractivity contribution < 1.29 is 8.42 Å². The van der Waals surface area contributed by atoms with Gasteiger partial charge < -0.3 is 4.90 Å². The Hall–Kier alpha value is -2.02. The van der Waals surface area contributed by atoms with E-state index in [1.54, 1.807) is 25.6 Å². The second-order valence-electron chi connectivity index (χ2n) is 5.97. The van der Waals surface area contributed by atoms with Crippen molar-refractivity contribution >= 4 is 21.4 Å². The number of nitrogens with one attached hydrogen (secondary N) is 1. The number of benzene rings is 1. The predicted molar refractivity (Wildman–Crippen MR) is 91.4 cm³/mol. The van der Waals surface area contributed by atoms with E-state index in [2.05, 4.69) is 14.7 Å². The summed E-state index contributed by atoms with van der Waals surface area (Å²) in [5.74, 6) is 0. The van der Waals surface area contributed by atoms with Gasteiger partial charge in [-0.25, -0.2) is 8.42 Å². The van der Waals surface area contributed by atoms with E-state index in [4.69, 9.17) is 0 Å². The SMILES string of the molecule is Cc1nn(C)c(C)c1S(=O)(=O)Nc1ccc(N2CCCC2)cc1. The fourth-order valence-corrected chi connectivity index (χ4v) is 4.56. The maximum absolute atomic E-state index is 12.6. The number of nitrogens with zero attached hydrogens (tertiary/aromatic N) is 3. The van der Waals surface area contributed by atoms with Gasteiger partial charge in [0.25, 0.3) is 10.0 Å². The van der Waals surface area contributed by atoms with E-state index in [0.717, 1.165) is 18.8 Å². The quantitative estimate of drug-likeness (QED) is 0.932. The summed E-state index contributed by atoms with van der Waals surface area (Å²) in [5.41, 5.74) is 2.84. The van der Waals surface area contributed by atoms with Crippen LogP contribution >= 0.6 is 0 Å². The first kappa shape index (κ1) is 15.9. The predicted octanol–water partition coefficient (Wildman–Crippen LogP) is 2.44. The molecule has 7 heteroatoms. The molecule has 0 atom stereocenters. The minimum Gasteiger partial charge on any atom is -0.372 e. The van der Waals surface area contributed by atoms with Crippen molar-refractivity contribution in [1.29, 1.82) is 0 Å². The lowest BCUT2D eigenvalue weighted by atomic mass is 10.2. The summed E-state index contributed by atoms with van der Waals surface area (Å²) in [4.78, 5) is 2.57. The number of rotatable bonds is 4. The molecule has 1 N–H and O–H groups in total. The second-order valence-corrected chi connectivity index (χ2v) is 7.59. The molecule has 1 saturated heterocycles. The van der Waals surface area contributed by atoms with Crippen LogP contribution in [0.2, 0.25) is 0 Å². The Kier molecular flexibility index (Phi) is 4.06. The molecule has 0 spiro atoms. The fourth-order valence-electron chi connectivity index (χ4n) is 3.06. The first-order chi connectivity index (χ1) is 10.9. The number of hydrogen-bond acceptors (Lipinski definition) is 4. The minimum atomic E-state index is -3.63. The molecule has 2 heterocycles. The van der Waals surface area contributed by atoms with Crippen molar-refractivity contribution in [3.05, 3.63) is 35.7 Å². The Bertz CT molecular complexity index is 803. The van der Waals surface area contributed by atoms with E-state index in [0.29, 0.717) is 17.1 Å². The van der Waals surface area contributed by atoms with Gasteiger partial charge in [-0.3, -0.25) is 9.40 Å². The molecular weight excluding hydrogens is 312 g/mol. The molecule has 0 saturated carbocycles. The van der Waals surface area contributed by atoms with Crippen LogP contribution in [0.4, 0.5) is 11.4 Å². The third-order valence-corrected chi connectivity index (χ3v) is 5.93. The summed E-state index contributed by atoms with van der Waals surface area (Å²) in [6, 6.07) is 7.55. The molecule has 0 radical (unpaired) electrons.